The van der Waals surface area contributed by atoms with Crippen LogP contribution in [0.5, 0.6) is 0 Å². The van der Waals surface area contributed by atoms with Crippen molar-refractivity contribution in [2.45, 2.75) is 0 Å². The van der Waals surface area contributed by atoms with Crippen molar-refractivity contribution in [1.29, 1.82) is 0 Å². The number of amides is 1. The summed E-state index contributed by atoms with van der Waals surface area (Å²) in [7, 11) is 0. The van der Waals surface area contributed by atoms with E-state index < -0.39 is 0 Å². The van der Waals surface area contributed by atoms with Crippen molar-refractivity contribution < 1.29 is 9.21 Å². The molecule has 0 fully saturated rings. The van der Waals surface area contributed by atoms with E-state index >= 15 is 0 Å². The second kappa shape index (κ2) is 4.34. The van der Waals surface area contributed by atoms with Gasteiger partial charge in [0.15, 0.2) is 5.58 Å². The monoisotopic (exact) mass is 304 g/mol. The fraction of sp³-hybridized carbons (Fsp3) is 0. The van der Waals surface area contributed by atoms with E-state index in [1.165, 1.54) is 0 Å². The number of benzene rings is 1. The van der Waals surface area contributed by atoms with Crippen LogP contribution in [0.15, 0.2) is 51.6 Å². The maximum atomic E-state index is 12.0. The standard InChI is InChI=1S/C13H9BrN2O2/c14-8-3-1-2-4-9(8)16-13(17)11-7-12-10(15-11)5-6-18-12/h1-7,15H,(H,16,17). The molecule has 0 saturated heterocycles. The Balaban J connectivity index is 1.87. The van der Waals surface area contributed by atoms with Crippen LogP contribution in [0.4, 0.5) is 5.69 Å². The molecule has 0 unspecified atom stereocenters. The van der Waals surface area contributed by atoms with Crippen LogP contribution >= 0.6 is 15.9 Å². The SMILES string of the molecule is O=C(Nc1ccccc1Br)c1cc2occc2[nH]1. The lowest BCUT2D eigenvalue weighted by atomic mass is 10.3. The third kappa shape index (κ3) is 1.93. The fourth-order valence-electron chi connectivity index (χ4n) is 1.72. The Morgan fingerprint density at radius 3 is 2.89 bits per heavy atom. The van der Waals surface area contributed by atoms with Gasteiger partial charge in [-0.2, -0.15) is 0 Å². The number of nitrogens with one attached hydrogen (secondary N) is 2. The van der Waals surface area contributed by atoms with E-state index in [9.17, 15) is 4.79 Å². The highest BCUT2D eigenvalue weighted by Crippen LogP contribution is 2.22. The van der Waals surface area contributed by atoms with E-state index in [4.69, 9.17) is 4.42 Å². The molecule has 0 saturated carbocycles. The van der Waals surface area contributed by atoms with Crippen LogP contribution in [0, 0.1) is 0 Å². The Hall–Kier alpha value is -2.01. The number of rotatable bonds is 2. The van der Waals surface area contributed by atoms with Gasteiger partial charge in [-0.25, -0.2) is 0 Å². The summed E-state index contributed by atoms with van der Waals surface area (Å²) in [6.07, 6.45) is 1.58. The molecule has 0 atom stereocenters. The summed E-state index contributed by atoms with van der Waals surface area (Å²) in [5.41, 5.74) is 2.69. The smallest absolute Gasteiger partial charge is 0.272 e. The van der Waals surface area contributed by atoms with Crippen molar-refractivity contribution >= 4 is 38.6 Å². The number of carbonyl (C=O) groups is 1. The molecule has 2 aromatic heterocycles. The van der Waals surface area contributed by atoms with Crippen LogP contribution < -0.4 is 5.32 Å². The van der Waals surface area contributed by atoms with Crippen LogP contribution in [0.25, 0.3) is 11.1 Å². The average molecular weight is 305 g/mol. The van der Waals surface area contributed by atoms with Crippen molar-refractivity contribution in [3.8, 4) is 0 Å². The van der Waals surface area contributed by atoms with Gasteiger partial charge in [-0.15, -0.1) is 0 Å². The van der Waals surface area contributed by atoms with Gasteiger partial charge in [-0.3, -0.25) is 4.79 Å². The quantitative estimate of drug-likeness (QED) is 0.757. The summed E-state index contributed by atoms with van der Waals surface area (Å²) < 4.78 is 6.04. The van der Waals surface area contributed by atoms with Gasteiger partial charge in [-0.1, -0.05) is 12.1 Å². The molecule has 0 aliphatic heterocycles. The topological polar surface area (TPSA) is 58.0 Å². The number of hydrogen-bond donors (Lipinski definition) is 2. The summed E-state index contributed by atoms with van der Waals surface area (Å²) in [4.78, 5) is 15.0. The molecule has 3 aromatic rings. The number of anilines is 1. The minimum Gasteiger partial charge on any atom is -0.463 e. The van der Waals surface area contributed by atoms with Crippen molar-refractivity contribution in [3.63, 3.8) is 0 Å². The Kier molecular flexibility index (Phi) is 2.68. The number of para-hydroxylation sites is 1. The molecular weight excluding hydrogens is 296 g/mol. The van der Waals surface area contributed by atoms with E-state index in [2.05, 4.69) is 26.2 Å². The zero-order chi connectivity index (χ0) is 12.5. The lowest BCUT2D eigenvalue weighted by Crippen LogP contribution is -2.12. The second-order valence-electron chi connectivity index (χ2n) is 3.82. The van der Waals surface area contributed by atoms with E-state index in [1.54, 1.807) is 18.4 Å². The van der Waals surface area contributed by atoms with E-state index in [0.717, 1.165) is 15.7 Å². The Morgan fingerprint density at radius 2 is 2.11 bits per heavy atom. The molecule has 0 spiro atoms. The zero-order valence-electron chi connectivity index (χ0n) is 9.24. The molecule has 0 aliphatic carbocycles. The number of H-pyrrole nitrogens is 1. The number of carbonyl (C=O) groups excluding carboxylic acids is 1. The first kappa shape index (κ1) is 11.1. The Morgan fingerprint density at radius 1 is 1.28 bits per heavy atom. The van der Waals surface area contributed by atoms with E-state index in [-0.39, 0.29) is 5.91 Å². The summed E-state index contributed by atoms with van der Waals surface area (Å²) in [5, 5.41) is 2.82. The van der Waals surface area contributed by atoms with Crippen molar-refractivity contribution in [1.82, 2.24) is 4.98 Å². The van der Waals surface area contributed by atoms with Gasteiger partial charge in [0.25, 0.3) is 5.91 Å². The largest absolute Gasteiger partial charge is 0.463 e. The molecule has 4 nitrogen and oxygen atoms in total. The summed E-state index contributed by atoms with van der Waals surface area (Å²) in [5.74, 6) is -0.201. The van der Waals surface area contributed by atoms with Crippen molar-refractivity contribution in [2.24, 2.45) is 0 Å². The Labute approximate surface area is 111 Å². The predicted molar refractivity (Wildman–Crippen MR) is 72.7 cm³/mol. The average Bonchev–Trinajstić information content (AvgIpc) is 2.92. The molecule has 2 N–H and O–H groups in total. The van der Waals surface area contributed by atoms with Gasteiger partial charge in [-0.05, 0) is 28.1 Å². The first-order chi connectivity index (χ1) is 8.74. The molecule has 90 valence electrons. The molecule has 0 bridgehead atoms. The summed E-state index contributed by atoms with van der Waals surface area (Å²) >= 11 is 3.38. The summed E-state index contributed by atoms with van der Waals surface area (Å²) in [6.45, 7) is 0. The fourth-order valence-corrected chi connectivity index (χ4v) is 2.11. The molecule has 1 amide bonds. The third-order valence-electron chi connectivity index (χ3n) is 2.61. The van der Waals surface area contributed by atoms with E-state index in [0.29, 0.717) is 11.3 Å². The first-order valence-corrected chi connectivity index (χ1v) is 6.15. The van der Waals surface area contributed by atoms with E-state index in [1.807, 2.05) is 24.3 Å². The minimum atomic E-state index is -0.201. The van der Waals surface area contributed by atoms with Gasteiger partial charge >= 0.3 is 0 Å². The molecular formula is C13H9BrN2O2. The van der Waals surface area contributed by atoms with Gasteiger partial charge in [0, 0.05) is 16.6 Å². The molecule has 2 heterocycles. The number of halogens is 1. The predicted octanol–water partition coefficient (Wildman–Crippen LogP) is 3.78. The molecule has 5 heteroatoms. The van der Waals surface area contributed by atoms with Crippen LogP contribution in [0.2, 0.25) is 0 Å². The maximum Gasteiger partial charge on any atom is 0.272 e. The molecule has 18 heavy (non-hydrogen) atoms. The third-order valence-corrected chi connectivity index (χ3v) is 3.30. The lowest BCUT2D eigenvalue weighted by molar-refractivity contribution is 0.102. The normalized spacial score (nSPS) is 10.7. The van der Waals surface area contributed by atoms with Crippen molar-refractivity contribution in [3.05, 3.63) is 52.8 Å². The zero-order valence-corrected chi connectivity index (χ0v) is 10.8. The van der Waals surface area contributed by atoms with Gasteiger partial charge in [0.1, 0.15) is 5.69 Å². The van der Waals surface area contributed by atoms with Gasteiger partial charge in [0.05, 0.1) is 17.5 Å². The summed E-state index contributed by atoms with van der Waals surface area (Å²) in [6, 6.07) is 10.9. The van der Waals surface area contributed by atoms with Gasteiger partial charge < -0.3 is 14.7 Å². The van der Waals surface area contributed by atoms with Crippen LogP contribution in [-0.2, 0) is 0 Å². The first-order valence-electron chi connectivity index (χ1n) is 5.36. The minimum absolute atomic E-state index is 0.201. The molecule has 3 rings (SSSR count). The molecule has 0 radical (unpaired) electrons. The van der Waals surface area contributed by atoms with Crippen molar-refractivity contribution in [2.75, 3.05) is 5.32 Å². The lowest BCUT2D eigenvalue weighted by Gasteiger charge is -2.05. The van der Waals surface area contributed by atoms with Crippen LogP contribution in [0.3, 0.4) is 0 Å². The highest BCUT2D eigenvalue weighted by Gasteiger charge is 2.12. The second-order valence-corrected chi connectivity index (χ2v) is 4.67. The highest BCUT2D eigenvalue weighted by molar-refractivity contribution is 9.10. The molecule has 0 aliphatic rings. The maximum absolute atomic E-state index is 12.0. The number of furan rings is 1. The Bertz CT molecular complexity index is 686. The van der Waals surface area contributed by atoms with Crippen LogP contribution in [-0.4, -0.2) is 10.9 Å². The highest BCUT2D eigenvalue weighted by atomic mass is 79.9. The number of hydrogen-bond acceptors (Lipinski definition) is 2. The number of aromatic amines is 1. The number of aromatic nitrogens is 1. The number of fused-ring (bicyclic) bond motifs is 1. The molecule has 1 aromatic carbocycles. The van der Waals surface area contributed by atoms with Gasteiger partial charge in [0.2, 0.25) is 0 Å². The van der Waals surface area contributed by atoms with Crippen LogP contribution in [0.1, 0.15) is 10.5 Å².